The Morgan fingerprint density at radius 3 is 2.71 bits per heavy atom. The first kappa shape index (κ1) is 16.7. The number of nitrogens with zero attached hydrogens (tertiary/aromatic N) is 1. The molecule has 2 N–H and O–H groups in total. The molecule has 6 heteroatoms. The fourth-order valence-electron chi connectivity index (χ4n) is 2.55. The molecule has 1 saturated carbocycles. The average Bonchev–Trinajstić information content (AvgIpc) is 3.32. The first-order chi connectivity index (χ1) is 11.6. The van der Waals surface area contributed by atoms with Gasteiger partial charge in [-0.15, -0.1) is 11.3 Å². The number of amides is 2. The highest BCUT2D eigenvalue weighted by Crippen LogP contribution is 2.33. The molecule has 0 aliphatic heterocycles. The lowest BCUT2D eigenvalue weighted by Gasteiger charge is -2.20. The van der Waals surface area contributed by atoms with Crippen LogP contribution in [0.3, 0.4) is 0 Å². The zero-order valence-corrected chi connectivity index (χ0v) is 14.3. The summed E-state index contributed by atoms with van der Waals surface area (Å²) in [7, 11) is 1.70. The number of nitrogens with one attached hydrogen (secondary N) is 1. The standard InChI is InChI=1S/C18H20N2O3S/c1-20(18(23)12-8-9-12)14-6-3-2-5-13(14)17(22)19-11-15(21)16-7-4-10-24-16/h2-7,10,12,15,21H,8-9,11H2,1H3,(H,19,22)/t15-/m0/s1. The number of benzene rings is 1. The largest absolute Gasteiger partial charge is 0.386 e. The van der Waals surface area contributed by atoms with Crippen LogP contribution >= 0.6 is 11.3 Å². The van der Waals surface area contributed by atoms with Crippen molar-refractivity contribution in [2.45, 2.75) is 18.9 Å². The Hall–Kier alpha value is -2.18. The van der Waals surface area contributed by atoms with Crippen LogP contribution in [-0.4, -0.2) is 30.5 Å². The van der Waals surface area contributed by atoms with Crippen molar-refractivity contribution in [3.8, 4) is 0 Å². The molecule has 126 valence electrons. The van der Waals surface area contributed by atoms with E-state index < -0.39 is 6.10 Å². The number of para-hydroxylation sites is 1. The third kappa shape index (κ3) is 3.66. The summed E-state index contributed by atoms with van der Waals surface area (Å²) in [5.74, 6) is -0.155. The van der Waals surface area contributed by atoms with Crippen LogP contribution in [0.1, 0.15) is 34.2 Å². The molecule has 1 atom stereocenters. The fraction of sp³-hybridized carbons (Fsp3) is 0.333. The molecule has 2 amide bonds. The van der Waals surface area contributed by atoms with Crippen molar-refractivity contribution >= 4 is 28.8 Å². The molecule has 1 aliphatic carbocycles. The Morgan fingerprint density at radius 1 is 1.29 bits per heavy atom. The number of thiophene rings is 1. The van der Waals surface area contributed by atoms with Crippen molar-refractivity contribution in [3.05, 3.63) is 52.2 Å². The lowest BCUT2D eigenvalue weighted by molar-refractivity contribution is -0.119. The lowest BCUT2D eigenvalue weighted by Crippen LogP contribution is -2.33. The van der Waals surface area contributed by atoms with Gasteiger partial charge in [0.05, 0.1) is 11.3 Å². The van der Waals surface area contributed by atoms with Crippen LogP contribution in [0, 0.1) is 5.92 Å². The third-order valence-electron chi connectivity index (χ3n) is 4.09. The molecule has 0 unspecified atom stereocenters. The minimum atomic E-state index is -0.730. The second-order valence-electron chi connectivity index (χ2n) is 5.93. The molecule has 0 radical (unpaired) electrons. The highest BCUT2D eigenvalue weighted by molar-refractivity contribution is 7.10. The fourth-order valence-corrected chi connectivity index (χ4v) is 3.26. The summed E-state index contributed by atoms with van der Waals surface area (Å²) in [5.41, 5.74) is 1.03. The summed E-state index contributed by atoms with van der Waals surface area (Å²) < 4.78 is 0. The molecular formula is C18H20N2O3S. The highest BCUT2D eigenvalue weighted by Gasteiger charge is 2.33. The van der Waals surface area contributed by atoms with Gasteiger partial charge < -0.3 is 15.3 Å². The molecule has 1 fully saturated rings. The number of aliphatic hydroxyl groups is 1. The van der Waals surface area contributed by atoms with E-state index in [1.165, 1.54) is 11.3 Å². The summed E-state index contributed by atoms with van der Waals surface area (Å²) in [5, 5.41) is 14.7. The van der Waals surface area contributed by atoms with Crippen LogP contribution < -0.4 is 10.2 Å². The summed E-state index contributed by atoms with van der Waals surface area (Å²) in [6, 6.07) is 10.7. The van der Waals surface area contributed by atoms with Crippen LogP contribution in [-0.2, 0) is 4.79 Å². The van der Waals surface area contributed by atoms with Gasteiger partial charge in [0.1, 0.15) is 6.10 Å². The normalized spacial score (nSPS) is 14.9. The second-order valence-corrected chi connectivity index (χ2v) is 6.91. The maximum absolute atomic E-state index is 12.5. The molecule has 0 saturated heterocycles. The number of hydrogen-bond acceptors (Lipinski definition) is 4. The Morgan fingerprint density at radius 2 is 2.04 bits per heavy atom. The van der Waals surface area contributed by atoms with E-state index in [9.17, 15) is 14.7 Å². The van der Waals surface area contributed by atoms with E-state index in [0.717, 1.165) is 17.7 Å². The van der Waals surface area contributed by atoms with Gasteiger partial charge in [0, 0.05) is 24.4 Å². The van der Waals surface area contributed by atoms with Gasteiger partial charge >= 0.3 is 0 Å². The topological polar surface area (TPSA) is 69.6 Å². The van der Waals surface area contributed by atoms with Gasteiger partial charge in [0.25, 0.3) is 5.91 Å². The molecule has 5 nitrogen and oxygen atoms in total. The van der Waals surface area contributed by atoms with E-state index in [2.05, 4.69) is 5.32 Å². The van der Waals surface area contributed by atoms with Gasteiger partial charge in [0.2, 0.25) is 5.91 Å². The highest BCUT2D eigenvalue weighted by atomic mass is 32.1. The molecule has 1 heterocycles. The summed E-state index contributed by atoms with van der Waals surface area (Å²) >= 11 is 1.45. The number of aliphatic hydroxyl groups excluding tert-OH is 1. The van der Waals surface area contributed by atoms with Gasteiger partial charge in [0.15, 0.2) is 0 Å². The van der Waals surface area contributed by atoms with Crippen molar-refractivity contribution in [1.29, 1.82) is 0 Å². The predicted octanol–water partition coefficient (Wildman–Crippen LogP) is 2.58. The minimum absolute atomic E-state index is 0.0499. The van der Waals surface area contributed by atoms with Crippen molar-refractivity contribution in [2.75, 3.05) is 18.5 Å². The van der Waals surface area contributed by atoms with E-state index in [4.69, 9.17) is 0 Å². The summed E-state index contributed by atoms with van der Waals surface area (Å²) in [6.45, 7) is 0.133. The van der Waals surface area contributed by atoms with E-state index in [1.54, 1.807) is 30.1 Å². The maximum Gasteiger partial charge on any atom is 0.253 e. The monoisotopic (exact) mass is 344 g/mol. The molecule has 24 heavy (non-hydrogen) atoms. The number of hydrogen-bond donors (Lipinski definition) is 2. The van der Waals surface area contributed by atoms with Crippen LogP contribution in [0.5, 0.6) is 0 Å². The van der Waals surface area contributed by atoms with E-state index in [1.807, 2.05) is 23.6 Å². The maximum atomic E-state index is 12.5. The molecule has 1 aromatic carbocycles. The molecule has 3 rings (SSSR count). The Balaban J connectivity index is 1.69. The Bertz CT molecular complexity index is 726. The third-order valence-corrected chi connectivity index (χ3v) is 5.07. The van der Waals surface area contributed by atoms with Crippen LogP contribution in [0.25, 0.3) is 0 Å². The lowest BCUT2D eigenvalue weighted by atomic mass is 10.1. The predicted molar refractivity (Wildman–Crippen MR) is 94.2 cm³/mol. The number of carbonyl (C=O) groups excluding carboxylic acids is 2. The Labute approximate surface area is 144 Å². The minimum Gasteiger partial charge on any atom is -0.386 e. The van der Waals surface area contributed by atoms with Gasteiger partial charge in [-0.1, -0.05) is 18.2 Å². The SMILES string of the molecule is CN(C(=O)C1CC1)c1ccccc1C(=O)NC[C@H](O)c1cccs1. The van der Waals surface area contributed by atoms with Crippen molar-refractivity contribution in [2.24, 2.45) is 5.92 Å². The van der Waals surface area contributed by atoms with Crippen LogP contribution in [0.2, 0.25) is 0 Å². The van der Waals surface area contributed by atoms with Gasteiger partial charge in [-0.05, 0) is 36.4 Å². The first-order valence-electron chi connectivity index (χ1n) is 7.94. The molecule has 2 aromatic rings. The van der Waals surface area contributed by atoms with Crippen molar-refractivity contribution < 1.29 is 14.7 Å². The van der Waals surface area contributed by atoms with Gasteiger partial charge in [-0.25, -0.2) is 0 Å². The smallest absolute Gasteiger partial charge is 0.253 e. The summed E-state index contributed by atoms with van der Waals surface area (Å²) in [4.78, 5) is 27.1. The van der Waals surface area contributed by atoms with E-state index in [-0.39, 0.29) is 24.3 Å². The number of anilines is 1. The zero-order valence-electron chi connectivity index (χ0n) is 13.4. The number of carbonyl (C=O) groups is 2. The first-order valence-corrected chi connectivity index (χ1v) is 8.82. The molecular weight excluding hydrogens is 324 g/mol. The summed E-state index contributed by atoms with van der Waals surface area (Å²) in [6.07, 6.45) is 1.11. The quantitative estimate of drug-likeness (QED) is 0.846. The number of rotatable bonds is 6. The molecule has 0 bridgehead atoms. The van der Waals surface area contributed by atoms with Gasteiger partial charge in [-0.2, -0.15) is 0 Å². The van der Waals surface area contributed by atoms with Crippen LogP contribution in [0.4, 0.5) is 5.69 Å². The van der Waals surface area contributed by atoms with Crippen molar-refractivity contribution in [1.82, 2.24) is 5.32 Å². The van der Waals surface area contributed by atoms with Crippen molar-refractivity contribution in [3.63, 3.8) is 0 Å². The molecule has 0 spiro atoms. The van der Waals surface area contributed by atoms with E-state index in [0.29, 0.717) is 11.3 Å². The zero-order chi connectivity index (χ0) is 17.1. The van der Waals surface area contributed by atoms with E-state index >= 15 is 0 Å². The second kappa shape index (κ2) is 7.15. The molecule has 1 aliphatic rings. The Kier molecular flexibility index (Phi) is 4.97. The average molecular weight is 344 g/mol. The van der Waals surface area contributed by atoms with Crippen LogP contribution in [0.15, 0.2) is 41.8 Å². The van der Waals surface area contributed by atoms with Gasteiger partial charge in [-0.3, -0.25) is 9.59 Å². The molecule has 1 aromatic heterocycles.